The number of anilines is 1. The Morgan fingerprint density at radius 2 is 2.13 bits per heavy atom. The van der Waals surface area contributed by atoms with E-state index >= 15 is 0 Å². The van der Waals surface area contributed by atoms with Gasteiger partial charge in [-0.2, -0.15) is 0 Å². The number of hydrogen-bond acceptors (Lipinski definition) is 5. The van der Waals surface area contributed by atoms with Gasteiger partial charge < -0.3 is 15.3 Å². The molecule has 2 rings (SSSR count). The number of carbonyl (C=O) groups excluding carboxylic acids is 1. The van der Waals surface area contributed by atoms with Crippen LogP contribution in [-0.4, -0.2) is 52.6 Å². The van der Waals surface area contributed by atoms with Crippen molar-refractivity contribution >= 4 is 11.9 Å². The summed E-state index contributed by atoms with van der Waals surface area (Å²) in [6, 6.07) is 0. The van der Waals surface area contributed by atoms with Crippen LogP contribution in [0.3, 0.4) is 0 Å². The van der Waals surface area contributed by atoms with Gasteiger partial charge in [0.25, 0.3) is 5.91 Å². The van der Waals surface area contributed by atoms with Gasteiger partial charge in [-0.25, -0.2) is 9.97 Å². The molecule has 1 aliphatic rings. The highest BCUT2D eigenvalue weighted by molar-refractivity contribution is 5.93. The zero-order chi connectivity index (χ0) is 16.9. The van der Waals surface area contributed by atoms with Crippen molar-refractivity contribution in [1.82, 2.24) is 14.9 Å². The molecule has 0 spiro atoms. The number of carbonyl (C=O) groups is 1. The second-order valence-electron chi connectivity index (χ2n) is 6.52. The molecule has 0 bridgehead atoms. The van der Waals surface area contributed by atoms with Crippen molar-refractivity contribution in [2.75, 3.05) is 32.1 Å². The van der Waals surface area contributed by atoms with Crippen LogP contribution in [0.2, 0.25) is 0 Å². The third-order valence-corrected chi connectivity index (χ3v) is 4.35. The number of piperidine rings is 1. The maximum atomic E-state index is 12.7. The number of nitrogens with zero attached hydrogens (tertiary/aromatic N) is 3. The first-order chi connectivity index (χ1) is 11.0. The molecule has 2 N–H and O–H groups in total. The summed E-state index contributed by atoms with van der Waals surface area (Å²) in [5.74, 6) is 0.427. The quantitative estimate of drug-likeness (QED) is 0.813. The number of amides is 1. The lowest BCUT2D eigenvalue weighted by Crippen LogP contribution is -2.47. The maximum absolute atomic E-state index is 12.7. The fourth-order valence-electron chi connectivity index (χ4n) is 2.91. The fourth-order valence-corrected chi connectivity index (χ4v) is 2.91. The summed E-state index contributed by atoms with van der Waals surface area (Å²) < 4.78 is 0. The Kier molecular flexibility index (Phi) is 5.71. The largest absolute Gasteiger partial charge is 0.396 e. The van der Waals surface area contributed by atoms with E-state index in [0.717, 1.165) is 19.3 Å². The zero-order valence-electron chi connectivity index (χ0n) is 14.2. The second-order valence-corrected chi connectivity index (χ2v) is 6.52. The third-order valence-electron chi connectivity index (χ3n) is 4.35. The monoisotopic (exact) mass is 318 g/mol. The number of aliphatic hydroxyl groups excluding tert-OH is 1. The lowest BCUT2D eigenvalue weighted by Gasteiger charge is -2.41. The molecule has 1 atom stereocenters. The first kappa shape index (κ1) is 17.4. The highest BCUT2D eigenvalue weighted by Gasteiger charge is 2.36. The number of nitrogens with one attached hydrogen (secondary N) is 1. The highest BCUT2D eigenvalue weighted by atomic mass is 16.3. The molecule has 1 fully saturated rings. The summed E-state index contributed by atoms with van der Waals surface area (Å²) in [6.45, 7) is 5.48. The number of allylic oxidation sites excluding steroid dienone is 2. The number of aliphatic hydroxyl groups is 1. The predicted molar refractivity (Wildman–Crippen MR) is 90.3 cm³/mol. The molecular formula is C17H26N4O2. The lowest BCUT2D eigenvalue weighted by molar-refractivity contribution is 0.0283. The van der Waals surface area contributed by atoms with Gasteiger partial charge in [0, 0.05) is 37.9 Å². The summed E-state index contributed by atoms with van der Waals surface area (Å²) in [5.41, 5.74) is 1.48. The second kappa shape index (κ2) is 7.55. The molecule has 1 saturated heterocycles. The summed E-state index contributed by atoms with van der Waals surface area (Å²) in [6.07, 6.45) is 7.88. The fraction of sp³-hybridized carbons (Fsp3) is 0.588. The minimum atomic E-state index is -0.239. The van der Waals surface area contributed by atoms with Crippen molar-refractivity contribution in [2.24, 2.45) is 5.41 Å². The molecule has 6 heteroatoms. The van der Waals surface area contributed by atoms with Crippen LogP contribution >= 0.6 is 0 Å². The van der Waals surface area contributed by atoms with E-state index in [0.29, 0.717) is 24.6 Å². The highest BCUT2D eigenvalue weighted by Crippen LogP contribution is 2.34. The van der Waals surface area contributed by atoms with Crippen molar-refractivity contribution in [3.05, 3.63) is 29.6 Å². The van der Waals surface area contributed by atoms with E-state index in [9.17, 15) is 9.90 Å². The summed E-state index contributed by atoms with van der Waals surface area (Å²) in [5, 5.41) is 12.7. The van der Waals surface area contributed by atoms with Gasteiger partial charge in [0.2, 0.25) is 5.95 Å². The van der Waals surface area contributed by atoms with E-state index in [1.165, 1.54) is 5.57 Å². The van der Waals surface area contributed by atoms with E-state index in [2.05, 4.69) is 35.2 Å². The molecule has 0 aromatic carbocycles. The molecule has 0 unspecified atom stereocenters. The SMILES string of the molecule is CNc1ncc(C(=O)N2CCC[C@@](CO)(CC=C(C)C)C2)cn1. The summed E-state index contributed by atoms with van der Waals surface area (Å²) in [7, 11) is 1.74. The van der Waals surface area contributed by atoms with Gasteiger partial charge in [0.05, 0.1) is 12.2 Å². The van der Waals surface area contributed by atoms with Gasteiger partial charge in [-0.15, -0.1) is 0 Å². The number of aromatic nitrogens is 2. The van der Waals surface area contributed by atoms with Crippen LogP contribution in [0, 0.1) is 5.41 Å². The van der Waals surface area contributed by atoms with Crippen LogP contribution in [0.4, 0.5) is 5.95 Å². The molecule has 2 heterocycles. The Hall–Kier alpha value is -1.95. The van der Waals surface area contributed by atoms with Crippen LogP contribution in [0.15, 0.2) is 24.0 Å². The van der Waals surface area contributed by atoms with Crippen molar-refractivity contribution in [2.45, 2.75) is 33.1 Å². The average Bonchev–Trinajstić information content (AvgIpc) is 2.59. The van der Waals surface area contributed by atoms with Crippen LogP contribution < -0.4 is 5.32 Å². The molecule has 1 amide bonds. The molecule has 0 aliphatic carbocycles. The maximum Gasteiger partial charge on any atom is 0.257 e. The smallest absolute Gasteiger partial charge is 0.257 e. The van der Waals surface area contributed by atoms with E-state index < -0.39 is 0 Å². The van der Waals surface area contributed by atoms with Gasteiger partial charge in [0.1, 0.15) is 0 Å². The zero-order valence-corrected chi connectivity index (χ0v) is 14.2. The number of likely N-dealkylation sites (tertiary alicyclic amines) is 1. The topological polar surface area (TPSA) is 78.4 Å². The van der Waals surface area contributed by atoms with Crippen molar-refractivity contribution in [3.63, 3.8) is 0 Å². The van der Waals surface area contributed by atoms with Gasteiger partial charge in [-0.05, 0) is 33.1 Å². The Morgan fingerprint density at radius 3 is 2.70 bits per heavy atom. The van der Waals surface area contributed by atoms with Gasteiger partial charge in [-0.1, -0.05) is 11.6 Å². The van der Waals surface area contributed by atoms with Gasteiger partial charge >= 0.3 is 0 Å². The normalized spacial score (nSPS) is 21.0. The van der Waals surface area contributed by atoms with E-state index in [4.69, 9.17) is 0 Å². The summed E-state index contributed by atoms with van der Waals surface area (Å²) in [4.78, 5) is 22.7. The van der Waals surface area contributed by atoms with Crippen molar-refractivity contribution < 1.29 is 9.90 Å². The average molecular weight is 318 g/mol. The van der Waals surface area contributed by atoms with Crippen molar-refractivity contribution in [1.29, 1.82) is 0 Å². The van der Waals surface area contributed by atoms with Crippen LogP contribution in [0.25, 0.3) is 0 Å². The molecule has 1 aromatic heterocycles. The van der Waals surface area contributed by atoms with E-state index in [1.54, 1.807) is 19.4 Å². The Balaban J connectivity index is 2.12. The van der Waals surface area contributed by atoms with E-state index in [1.807, 2.05) is 4.90 Å². The standard InChI is InChI=1S/C17H26N4O2/c1-13(2)5-7-17(12-22)6-4-8-21(11-17)15(23)14-9-19-16(18-3)20-10-14/h5,9-10,22H,4,6-8,11-12H2,1-3H3,(H,18,19,20)/t17-/m1/s1. The molecule has 23 heavy (non-hydrogen) atoms. The lowest BCUT2D eigenvalue weighted by atomic mass is 9.77. The minimum Gasteiger partial charge on any atom is -0.396 e. The Labute approximate surface area is 137 Å². The van der Waals surface area contributed by atoms with E-state index in [-0.39, 0.29) is 17.9 Å². The third kappa shape index (κ3) is 4.28. The minimum absolute atomic E-state index is 0.0672. The first-order valence-corrected chi connectivity index (χ1v) is 8.03. The molecule has 6 nitrogen and oxygen atoms in total. The molecule has 1 aromatic rings. The van der Waals surface area contributed by atoms with Crippen LogP contribution in [0.1, 0.15) is 43.5 Å². The number of hydrogen-bond donors (Lipinski definition) is 2. The molecule has 126 valence electrons. The number of rotatable bonds is 5. The van der Waals surface area contributed by atoms with Crippen LogP contribution in [-0.2, 0) is 0 Å². The van der Waals surface area contributed by atoms with Crippen LogP contribution in [0.5, 0.6) is 0 Å². The molecule has 0 saturated carbocycles. The summed E-state index contributed by atoms with van der Waals surface area (Å²) >= 11 is 0. The van der Waals surface area contributed by atoms with Gasteiger partial charge in [-0.3, -0.25) is 4.79 Å². The predicted octanol–water partition coefficient (Wildman–Crippen LogP) is 2.09. The first-order valence-electron chi connectivity index (χ1n) is 8.03. The molecular weight excluding hydrogens is 292 g/mol. The molecule has 1 aliphatic heterocycles. The Morgan fingerprint density at radius 1 is 1.43 bits per heavy atom. The van der Waals surface area contributed by atoms with Crippen molar-refractivity contribution in [3.8, 4) is 0 Å². The van der Waals surface area contributed by atoms with Gasteiger partial charge in [0.15, 0.2) is 0 Å². The molecule has 0 radical (unpaired) electrons. The Bertz CT molecular complexity index is 566.